The van der Waals surface area contributed by atoms with Gasteiger partial charge in [-0.25, -0.2) is 18.2 Å². The van der Waals surface area contributed by atoms with Crippen molar-refractivity contribution in [1.29, 1.82) is 0 Å². The van der Waals surface area contributed by atoms with E-state index in [1.165, 1.54) is 0 Å². The summed E-state index contributed by atoms with van der Waals surface area (Å²) in [4.78, 5) is 11.7. The number of rotatable bonds is 1. The van der Waals surface area contributed by atoms with E-state index in [-0.39, 0.29) is 29.3 Å². The zero-order chi connectivity index (χ0) is 12.6. The molecule has 2 aliphatic heterocycles. The highest BCUT2D eigenvalue weighted by atomic mass is 32.2. The molecule has 2 heterocycles. The number of nitrogens with one attached hydrogen (secondary N) is 2. The van der Waals surface area contributed by atoms with Gasteiger partial charge in [0, 0.05) is 0 Å². The summed E-state index contributed by atoms with van der Waals surface area (Å²) in [7, 11) is -3.15. The molecule has 2 fully saturated rings. The number of hydrogen-bond acceptors (Lipinski definition) is 5. The van der Waals surface area contributed by atoms with E-state index in [9.17, 15) is 13.2 Å². The maximum Gasteiger partial charge on any atom is 0.429 e. The van der Waals surface area contributed by atoms with Gasteiger partial charge in [-0.05, 0) is 19.1 Å². The molecule has 0 aromatic rings. The summed E-state index contributed by atoms with van der Waals surface area (Å²) < 4.78 is 27.9. The summed E-state index contributed by atoms with van der Waals surface area (Å²) in [5.41, 5.74) is 2.62. The number of carbonyl (C=O) groups excluding carboxylic acids is 1. The van der Waals surface area contributed by atoms with E-state index in [1.807, 2.05) is 0 Å². The first kappa shape index (κ1) is 12.4. The fourth-order valence-corrected chi connectivity index (χ4v) is 4.13. The second-order valence-corrected chi connectivity index (χ2v) is 6.47. The summed E-state index contributed by atoms with van der Waals surface area (Å²) in [5.74, 6) is -0.103. The van der Waals surface area contributed by atoms with Gasteiger partial charge < -0.3 is 10.1 Å². The zero-order valence-corrected chi connectivity index (χ0v) is 10.8. The Morgan fingerprint density at radius 1 is 1.59 bits per heavy atom. The molecular weight excluding hydrogens is 266 g/mol. The third-order valence-electron chi connectivity index (χ3n) is 2.66. The molecule has 0 saturated carbocycles. The van der Waals surface area contributed by atoms with Crippen molar-refractivity contribution in [3.8, 4) is 0 Å². The fourth-order valence-electron chi connectivity index (χ4n) is 1.99. The number of ether oxygens (including phenoxy) is 1. The predicted octanol–water partition coefficient (Wildman–Crippen LogP) is -0.997. The van der Waals surface area contributed by atoms with Gasteiger partial charge in [-0.2, -0.15) is 0 Å². The Hall–Kier alpha value is -1.09. The topological polar surface area (TPSA) is 87.7 Å². The Morgan fingerprint density at radius 3 is 2.94 bits per heavy atom. The molecule has 96 valence electrons. The normalized spacial score (nSPS) is 30.2. The molecular formula is C8H13N3O4S2. The maximum absolute atomic E-state index is 11.7. The van der Waals surface area contributed by atoms with Gasteiger partial charge in [-0.15, -0.1) is 0 Å². The molecule has 2 N–H and O–H groups in total. The monoisotopic (exact) mass is 279 g/mol. The minimum Gasteiger partial charge on any atom is -0.448 e. The summed E-state index contributed by atoms with van der Waals surface area (Å²) >= 11 is 4.92. The average Bonchev–Trinajstić information content (AvgIpc) is 2.51. The third kappa shape index (κ3) is 2.44. The Bertz CT molecular complexity index is 450. The predicted molar refractivity (Wildman–Crippen MR) is 64.0 cm³/mol. The van der Waals surface area contributed by atoms with Crippen molar-refractivity contribution in [1.82, 2.24) is 15.8 Å². The number of fused-ring (bicyclic) bond motifs is 1. The van der Waals surface area contributed by atoms with Crippen LogP contribution in [-0.2, 0) is 14.6 Å². The number of amides is 1. The SMILES string of the molecule is CCOC(=O)N1NC(=S)NC2CS(=O)(=O)CC21. The Labute approximate surface area is 104 Å². The van der Waals surface area contributed by atoms with Crippen molar-refractivity contribution in [2.24, 2.45) is 0 Å². The van der Waals surface area contributed by atoms with E-state index in [0.29, 0.717) is 0 Å². The second kappa shape index (κ2) is 4.30. The van der Waals surface area contributed by atoms with Crippen LogP contribution in [0.15, 0.2) is 0 Å². The van der Waals surface area contributed by atoms with Gasteiger partial charge in [0.2, 0.25) is 0 Å². The molecule has 0 spiro atoms. The molecule has 0 aromatic carbocycles. The molecule has 2 saturated heterocycles. The fraction of sp³-hybridized carbons (Fsp3) is 0.750. The molecule has 7 nitrogen and oxygen atoms in total. The van der Waals surface area contributed by atoms with Crippen molar-refractivity contribution >= 4 is 33.3 Å². The lowest BCUT2D eigenvalue weighted by atomic mass is 10.1. The van der Waals surface area contributed by atoms with Crippen molar-refractivity contribution in [2.45, 2.75) is 19.0 Å². The molecule has 9 heteroatoms. The molecule has 0 aliphatic carbocycles. The van der Waals surface area contributed by atoms with Crippen LogP contribution < -0.4 is 10.7 Å². The van der Waals surface area contributed by atoms with Crippen molar-refractivity contribution in [3.63, 3.8) is 0 Å². The van der Waals surface area contributed by atoms with Crippen LogP contribution in [0.4, 0.5) is 4.79 Å². The smallest absolute Gasteiger partial charge is 0.429 e. The van der Waals surface area contributed by atoms with E-state index in [2.05, 4.69) is 10.7 Å². The minimum absolute atomic E-state index is 0.0185. The first-order valence-electron chi connectivity index (χ1n) is 5.16. The van der Waals surface area contributed by atoms with Crippen LogP contribution in [0.1, 0.15) is 6.92 Å². The standard InChI is InChI=1S/C8H13N3O4S2/c1-2-15-8(12)11-6-4-17(13,14)3-5(6)9-7(16)10-11/h5-6H,2-4H2,1H3,(H2,9,10,16). The largest absolute Gasteiger partial charge is 0.448 e. The Kier molecular flexibility index (Phi) is 3.13. The van der Waals surface area contributed by atoms with Crippen LogP contribution in [-0.4, -0.2) is 54.8 Å². The molecule has 2 aliphatic rings. The number of nitrogens with zero attached hydrogens (tertiary/aromatic N) is 1. The molecule has 0 radical (unpaired) electrons. The van der Waals surface area contributed by atoms with Crippen LogP contribution >= 0.6 is 12.2 Å². The Balaban J connectivity index is 2.21. The lowest BCUT2D eigenvalue weighted by Gasteiger charge is -2.37. The van der Waals surface area contributed by atoms with Crippen LogP contribution in [0.5, 0.6) is 0 Å². The molecule has 2 unspecified atom stereocenters. The molecule has 17 heavy (non-hydrogen) atoms. The molecule has 2 rings (SSSR count). The number of hydrazine groups is 1. The molecule has 0 bridgehead atoms. The Morgan fingerprint density at radius 2 is 2.29 bits per heavy atom. The van der Waals surface area contributed by atoms with Gasteiger partial charge in [0.1, 0.15) is 0 Å². The lowest BCUT2D eigenvalue weighted by Crippen LogP contribution is -2.67. The van der Waals surface area contributed by atoms with Gasteiger partial charge in [0.15, 0.2) is 14.9 Å². The van der Waals surface area contributed by atoms with Gasteiger partial charge in [0.25, 0.3) is 0 Å². The van der Waals surface area contributed by atoms with E-state index < -0.39 is 22.0 Å². The molecule has 1 amide bonds. The van der Waals surface area contributed by atoms with Crippen molar-refractivity contribution < 1.29 is 17.9 Å². The highest BCUT2D eigenvalue weighted by Crippen LogP contribution is 2.20. The number of thiocarbonyl (C=S) groups is 1. The highest BCUT2D eigenvalue weighted by Gasteiger charge is 2.46. The van der Waals surface area contributed by atoms with Crippen molar-refractivity contribution in [3.05, 3.63) is 0 Å². The van der Waals surface area contributed by atoms with E-state index >= 15 is 0 Å². The van der Waals surface area contributed by atoms with Gasteiger partial charge >= 0.3 is 6.09 Å². The van der Waals surface area contributed by atoms with E-state index in [0.717, 1.165) is 5.01 Å². The number of carbonyl (C=O) groups is 1. The summed E-state index contributed by atoms with van der Waals surface area (Å²) in [6, 6.07) is -0.844. The van der Waals surface area contributed by atoms with Crippen LogP contribution in [0.2, 0.25) is 0 Å². The third-order valence-corrected chi connectivity index (χ3v) is 4.58. The highest BCUT2D eigenvalue weighted by molar-refractivity contribution is 7.91. The summed E-state index contributed by atoms with van der Waals surface area (Å²) in [6.07, 6.45) is -0.608. The molecule has 0 aromatic heterocycles. The first-order valence-corrected chi connectivity index (χ1v) is 7.39. The first-order chi connectivity index (χ1) is 7.93. The maximum atomic E-state index is 11.7. The van der Waals surface area contributed by atoms with Crippen LogP contribution in [0.3, 0.4) is 0 Å². The second-order valence-electron chi connectivity index (χ2n) is 3.90. The minimum atomic E-state index is -3.15. The summed E-state index contributed by atoms with van der Waals surface area (Å²) in [5, 5.41) is 4.25. The number of hydrogen-bond donors (Lipinski definition) is 2. The summed E-state index contributed by atoms with van der Waals surface area (Å²) in [6.45, 7) is 1.91. The van der Waals surface area contributed by atoms with Gasteiger partial charge in [-0.1, -0.05) is 0 Å². The van der Waals surface area contributed by atoms with E-state index in [1.54, 1.807) is 6.92 Å². The molecule has 2 atom stereocenters. The average molecular weight is 279 g/mol. The number of sulfone groups is 1. The zero-order valence-electron chi connectivity index (χ0n) is 9.17. The van der Waals surface area contributed by atoms with Gasteiger partial charge in [-0.3, -0.25) is 5.43 Å². The lowest BCUT2D eigenvalue weighted by molar-refractivity contribution is 0.0708. The van der Waals surface area contributed by atoms with Crippen LogP contribution in [0, 0.1) is 0 Å². The quantitative estimate of drug-likeness (QED) is 0.595. The van der Waals surface area contributed by atoms with Crippen molar-refractivity contribution in [2.75, 3.05) is 18.1 Å². The van der Waals surface area contributed by atoms with E-state index in [4.69, 9.17) is 17.0 Å². The van der Waals surface area contributed by atoms with Gasteiger partial charge in [0.05, 0.1) is 30.2 Å². The van der Waals surface area contributed by atoms with Crippen LogP contribution in [0.25, 0.3) is 0 Å².